The van der Waals surface area contributed by atoms with Gasteiger partial charge >= 0.3 is 0 Å². The number of nitriles is 1. The Balaban J connectivity index is 1.39. The van der Waals surface area contributed by atoms with Gasteiger partial charge in [-0.05, 0) is 96.2 Å². The lowest BCUT2D eigenvalue weighted by atomic mass is 9.78. The van der Waals surface area contributed by atoms with Crippen molar-refractivity contribution in [1.82, 2.24) is 0 Å². The number of anilines is 1. The van der Waals surface area contributed by atoms with Crippen LogP contribution in [0.15, 0.2) is 127 Å². The van der Waals surface area contributed by atoms with Gasteiger partial charge in [-0.3, -0.25) is 0 Å². The fourth-order valence-corrected chi connectivity index (χ4v) is 7.68. The number of fused-ring (bicyclic) bond motifs is 9. The van der Waals surface area contributed by atoms with Gasteiger partial charge in [-0.2, -0.15) is 5.26 Å². The van der Waals surface area contributed by atoms with E-state index in [0.717, 1.165) is 18.4 Å². The van der Waals surface area contributed by atoms with Crippen LogP contribution in [0.1, 0.15) is 40.3 Å². The molecule has 44 heavy (non-hydrogen) atoms. The number of hydrogen-bond acceptors (Lipinski definition) is 2. The van der Waals surface area contributed by atoms with E-state index in [1.165, 1.54) is 76.9 Å². The van der Waals surface area contributed by atoms with Gasteiger partial charge in [0.25, 0.3) is 0 Å². The maximum absolute atomic E-state index is 9.45. The van der Waals surface area contributed by atoms with E-state index in [4.69, 9.17) is 0 Å². The summed E-state index contributed by atoms with van der Waals surface area (Å²) in [5, 5.41) is 21.1. The maximum atomic E-state index is 9.45. The van der Waals surface area contributed by atoms with Crippen molar-refractivity contribution in [1.29, 1.82) is 5.26 Å². The highest BCUT2D eigenvalue weighted by Gasteiger charge is 2.32. The summed E-state index contributed by atoms with van der Waals surface area (Å²) in [5.74, 6) is 0. The maximum Gasteiger partial charge on any atom is 0.0991 e. The third kappa shape index (κ3) is 3.60. The molecule has 2 heteroatoms. The van der Waals surface area contributed by atoms with Crippen LogP contribution < -0.4 is 5.32 Å². The first-order valence-electron chi connectivity index (χ1n) is 15.3. The van der Waals surface area contributed by atoms with Crippen LogP contribution in [0.5, 0.6) is 0 Å². The van der Waals surface area contributed by atoms with E-state index in [1.807, 2.05) is 12.1 Å². The van der Waals surface area contributed by atoms with Crippen LogP contribution in [0.2, 0.25) is 0 Å². The quantitative estimate of drug-likeness (QED) is 0.214. The molecule has 0 radical (unpaired) electrons. The Hall–Kier alpha value is -5.65. The molecule has 9 rings (SSSR count). The molecule has 1 aliphatic heterocycles. The first-order chi connectivity index (χ1) is 21.8. The highest BCUT2D eigenvalue weighted by Crippen LogP contribution is 2.52. The van der Waals surface area contributed by atoms with Crippen molar-refractivity contribution in [3.05, 3.63) is 155 Å². The summed E-state index contributed by atoms with van der Waals surface area (Å²) in [6.45, 7) is 0. The fraction of sp³-hybridized carbons (Fsp3) is 0.0714. The molecule has 0 saturated heterocycles. The molecular formula is C42H28N2. The lowest BCUT2D eigenvalue weighted by Crippen LogP contribution is -2.21. The van der Waals surface area contributed by atoms with Crippen LogP contribution in [-0.2, 0) is 6.42 Å². The topological polar surface area (TPSA) is 35.8 Å². The molecule has 1 N–H and O–H groups in total. The van der Waals surface area contributed by atoms with E-state index in [9.17, 15) is 5.26 Å². The molecular weight excluding hydrogens is 532 g/mol. The Morgan fingerprint density at radius 2 is 1.32 bits per heavy atom. The molecule has 2 aliphatic rings. The number of nitrogens with zero attached hydrogens (tertiary/aromatic N) is 1. The van der Waals surface area contributed by atoms with Crippen molar-refractivity contribution in [3.63, 3.8) is 0 Å². The van der Waals surface area contributed by atoms with Crippen LogP contribution in [-0.4, -0.2) is 0 Å². The third-order valence-corrected chi connectivity index (χ3v) is 9.60. The second-order valence-corrected chi connectivity index (χ2v) is 11.9. The minimum absolute atomic E-state index is 0.0377. The highest BCUT2D eigenvalue weighted by molar-refractivity contribution is 6.16. The van der Waals surface area contributed by atoms with E-state index < -0.39 is 0 Å². The summed E-state index contributed by atoms with van der Waals surface area (Å²) in [6.07, 6.45) is 6.67. The molecule has 1 aliphatic carbocycles. The van der Waals surface area contributed by atoms with E-state index >= 15 is 0 Å². The van der Waals surface area contributed by atoms with Gasteiger partial charge in [0.05, 0.1) is 17.7 Å². The Morgan fingerprint density at radius 3 is 2.05 bits per heavy atom. The van der Waals surface area contributed by atoms with Gasteiger partial charge < -0.3 is 5.32 Å². The highest BCUT2D eigenvalue weighted by atomic mass is 14.9. The normalized spacial score (nSPS) is 14.9. The van der Waals surface area contributed by atoms with Crippen LogP contribution >= 0.6 is 0 Å². The summed E-state index contributed by atoms with van der Waals surface area (Å²) in [6, 6.07) is 46.0. The van der Waals surface area contributed by atoms with Crippen LogP contribution in [0, 0.1) is 11.3 Å². The molecule has 0 amide bonds. The average Bonchev–Trinajstić information content (AvgIpc) is 3.10. The predicted molar refractivity (Wildman–Crippen MR) is 184 cm³/mol. The van der Waals surface area contributed by atoms with Gasteiger partial charge in [-0.25, -0.2) is 0 Å². The van der Waals surface area contributed by atoms with E-state index in [-0.39, 0.29) is 6.04 Å². The van der Waals surface area contributed by atoms with Crippen LogP contribution in [0.25, 0.3) is 60.6 Å². The number of nitrogens with one attached hydrogen (secondary N) is 1. The monoisotopic (exact) mass is 560 g/mol. The SMILES string of the molecule is N#Cc1ccc(-c2c3ccccc3c(C3Nc4c(ccc5c4CCC=C5)-c4c3ccc3ccccc43)c3ccccc23)cc1. The zero-order chi connectivity index (χ0) is 29.2. The smallest absolute Gasteiger partial charge is 0.0991 e. The lowest BCUT2D eigenvalue weighted by molar-refractivity contribution is 0.924. The Kier molecular flexibility index (Phi) is 5.49. The largest absolute Gasteiger partial charge is 0.373 e. The van der Waals surface area contributed by atoms with E-state index in [0.29, 0.717) is 5.56 Å². The van der Waals surface area contributed by atoms with Crippen molar-refractivity contribution in [2.45, 2.75) is 18.9 Å². The first-order valence-corrected chi connectivity index (χ1v) is 15.3. The second-order valence-electron chi connectivity index (χ2n) is 11.9. The lowest BCUT2D eigenvalue weighted by Gasteiger charge is -2.35. The molecule has 2 nitrogen and oxygen atoms in total. The average molecular weight is 561 g/mol. The summed E-state index contributed by atoms with van der Waals surface area (Å²) in [7, 11) is 0. The van der Waals surface area contributed by atoms with Crippen molar-refractivity contribution in [2.75, 3.05) is 5.32 Å². The Morgan fingerprint density at radius 1 is 0.636 bits per heavy atom. The van der Waals surface area contributed by atoms with E-state index in [1.54, 1.807) is 0 Å². The first kappa shape index (κ1) is 24.9. The fourth-order valence-electron chi connectivity index (χ4n) is 7.68. The predicted octanol–water partition coefficient (Wildman–Crippen LogP) is 10.8. The van der Waals surface area contributed by atoms with Crippen LogP contribution in [0.3, 0.4) is 0 Å². The molecule has 0 saturated carbocycles. The summed E-state index contributed by atoms with van der Waals surface area (Å²) < 4.78 is 0. The number of allylic oxidation sites excluding steroid dienone is 1. The minimum Gasteiger partial charge on any atom is -0.373 e. The zero-order valence-electron chi connectivity index (χ0n) is 24.1. The molecule has 1 heterocycles. The van der Waals surface area contributed by atoms with Gasteiger partial charge in [0.15, 0.2) is 0 Å². The van der Waals surface area contributed by atoms with E-state index in [2.05, 4.69) is 133 Å². The Labute approximate surface area is 256 Å². The van der Waals surface area contributed by atoms with Crippen molar-refractivity contribution >= 4 is 44.1 Å². The second kappa shape index (κ2) is 9.69. The number of rotatable bonds is 2. The van der Waals surface area contributed by atoms with Gasteiger partial charge in [-0.15, -0.1) is 0 Å². The minimum atomic E-state index is -0.0377. The van der Waals surface area contributed by atoms with Crippen molar-refractivity contribution in [2.24, 2.45) is 0 Å². The molecule has 7 aromatic rings. The zero-order valence-corrected chi connectivity index (χ0v) is 24.1. The van der Waals surface area contributed by atoms with Gasteiger partial charge in [0.1, 0.15) is 0 Å². The molecule has 206 valence electrons. The summed E-state index contributed by atoms with van der Waals surface area (Å²) >= 11 is 0. The van der Waals surface area contributed by atoms with Gasteiger partial charge in [0, 0.05) is 11.3 Å². The van der Waals surface area contributed by atoms with Gasteiger partial charge in [-0.1, -0.05) is 121 Å². The summed E-state index contributed by atoms with van der Waals surface area (Å²) in [5.41, 5.74) is 12.2. The molecule has 7 aromatic carbocycles. The molecule has 0 spiro atoms. The van der Waals surface area contributed by atoms with Gasteiger partial charge in [0.2, 0.25) is 0 Å². The molecule has 1 unspecified atom stereocenters. The molecule has 0 aromatic heterocycles. The number of benzene rings is 7. The molecule has 0 bridgehead atoms. The van der Waals surface area contributed by atoms with Crippen LogP contribution in [0.4, 0.5) is 5.69 Å². The van der Waals surface area contributed by atoms with Crippen molar-refractivity contribution in [3.8, 4) is 28.3 Å². The molecule has 1 atom stereocenters. The third-order valence-electron chi connectivity index (χ3n) is 9.60. The summed E-state index contributed by atoms with van der Waals surface area (Å²) in [4.78, 5) is 0. The Bertz CT molecular complexity index is 2310. The molecule has 0 fully saturated rings. The van der Waals surface area contributed by atoms with Crippen molar-refractivity contribution < 1.29 is 0 Å². The number of hydrogen-bond donors (Lipinski definition) is 1. The standard InChI is InChI=1S/C42H28N2/c43-25-26-17-19-29(20-18-26)38-32-13-5-7-15-34(32)40(35-16-8-6-14-33(35)38)42-37-24-21-27-9-1-3-11-30(27)39(37)36-23-22-28-10-2-4-12-31(28)41(36)44-42/h1-3,5-11,13-24,42,44H,4,12H2.